The number of anilines is 1. The van der Waals surface area contributed by atoms with E-state index in [1.165, 1.54) is 12.4 Å². The number of halogens is 1. The molecule has 1 aliphatic heterocycles. The van der Waals surface area contributed by atoms with Gasteiger partial charge < -0.3 is 15.0 Å². The van der Waals surface area contributed by atoms with Crippen molar-refractivity contribution in [1.82, 2.24) is 9.88 Å². The summed E-state index contributed by atoms with van der Waals surface area (Å²) < 4.78 is 5.82. The van der Waals surface area contributed by atoms with Crippen LogP contribution in [-0.2, 0) is 9.53 Å². The number of carbonyl (C=O) groups excluding carboxylic acids is 1. The van der Waals surface area contributed by atoms with E-state index in [1.54, 1.807) is 0 Å². The maximum Gasteiger partial charge on any atom is 0.254 e. The van der Waals surface area contributed by atoms with Gasteiger partial charge in [-0.1, -0.05) is 6.92 Å². The minimum atomic E-state index is -0.535. The zero-order valence-corrected chi connectivity index (χ0v) is 12.2. The van der Waals surface area contributed by atoms with Crippen LogP contribution in [0.2, 0.25) is 0 Å². The minimum Gasteiger partial charge on any atom is -0.366 e. The molecular weight excluding hydrogens is 314 g/mol. The lowest BCUT2D eigenvalue weighted by molar-refractivity contribution is -0.132. The molecule has 1 unspecified atom stereocenters. The van der Waals surface area contributed by atoms with Crippen LogP contribution in [0.3, 0.4) is 0 Å². The van der Waals surface area contributed by atoms with Gasteiger partial charge in [0.25, 0.3) is 5.91 Å². The quantitative estimate of drug-likeness (QED) is 0.860. The van der Waals surface area contributed by atoms with Crippen LogP contribution in [0.5, 0.6) is 0 Å². The number of likely N-dealkylation sites (N-methyl/N-ethyl adjacent to an activating group) is 1. The topological polar surface area (TPSA) is 74.4 Å². The van der Waals surface area contributed by atoms with E-state index >= 15 is 0 Å². The summed E-state index contributed by atoms with van der Waals surface area (Å²) in [4.78, 5) is 28.8. The normalized spacial score (nSPS) is 20.2. The molecule has 0 bridgehead atoms. The first-order valence-corrected chi connectivity index (χ1v) is 6.92. The van der Waals surface area contributed by atoms with E-state index in [4.69, 9.17) is 4.74 Å². The van der Waals surface area contributed by atoms with E-state index in [0.717, 1.165) is 13.1 Å². The monoisotopic (exact) mass is 329 g/mol. The lowest BCUT2D eigenvalue weighted by Crippen LogP contribution is -2.48. The second kappa shape index (κ2) is 6.31. The van der Waals surface area contributed by atoms with Gasteiger partial charge in [-0.3, -0.25) is 14.5 Å². The van der Waals surface area contributed by atoms with Crippen LogP contribution < -0.4 is 10.7 Å². The number of morpholine rings is 1. The highest BCUT2D eigenvalue weighted by molar-refractivity contribution is 9.10. The smallest absolute Gasteiger partial charge is 0.254 e. The molecule has 0 radical (unpaired) electrons. The summed E-state index contributed by atoms with van der Waals surface area (Å²) in [6.07, 6.45) is 2.45. The maximum absolute atomic E-state index is 12.1. The molecule has 104 valence electrons. The Balaban J connectivity index is 2.04. The maximum atomic E-state index is 12.1. The average Bonchev–Trinajstić information content (AvgIpc) is 2.44. The lowest BCUT2D eigenvalue weighted by atomic mass is 10.2. The van der Waals surface area contributed by atoms with Gasteiger partial charge in [0.15, 0.2) is 0 Å². The number of nitrogens with one attached hydrogen (secondary N) is 2. The molecule has 6 nitrogen and oxygen atoms in total. The second-order valence-electron chi connectivity index (χ2n) is 4.29. The van der Waals surface area contributed by atoms with E-state index in [-0.39, 0.29) is 17.0 Å². The van der Waals surface area contributed by atoms with Gasteiger partial charge in [-0.15, -0.1) is 0 Å². The zero-order valence-electron chi connectivity index (χ0n) is 10.6. The molecule has 0 aromatic carbocycles. The summed E-state index contributed by atoms with van der Waals surface area (Å²) in [5, 5.41) is 2.60. The number of carbonyl (C=O) groups is 1. The van der Waals surface area contributed by atoms with Gasteiger partial charge in [-0.25, -0.2) is 0 Å². The van der Waals surface area contributed by atoms with Crippen molar-refractivity contribution >= 4 is 27.5 Å². The first-order valence-electron chi connectivity index (χ1n) is 6.13. The fourth-order valence-corrected chi connectivity index (χ4v) is 2.26. The van der Waals surface area contributed by atoms with Gasteiger partial charge in [0.05, 0.1) is 11.1 Å². The van der Waals surface area contributed by atoms with E-state index in [9.17, 15) is 9.59 Å². The number of nitrogens with zero attached hydrogens (tertiary/aromatic N) is 1. The SMILES string of the molecule is CCN1CCOC(C(=O)Nc2c[nH]cc(Br)c2=O)C1. The standard InChI is InChI=1S/C12H16BrN3O3/c1-2-16-3-4-19-10(7-16)12(18)15-9-6-14-5-8(13)11(9)17/h5-6,10H,2-4,7H2,1H3,(H,14,17)(H,15,18). The Kier molecular flexibility index (Phi) is 4.73. The molecule has 1 amide bonds. The van der Waals surface area contributed by atoms with Gasteiger partial charge in [0.2, 0.25) is 5.43 Å². The van der Waals surface area contributed by atoms with E-state index in [2.05, 4.69) is 31.1 Å². The average molecular weight is 330 g/mol. The molecule has 7 heteroatoms. The third-order valence-electron chi connectivity index (χ3n) is 3.05. The van der Waals surface area contributed by atoms with Crippen molar-refractivity contribution in [3.05, 3.63) is 27.1 Å². The number of rotatable bonds is 3. The number of aromatic nitrogens is 1. The molecule has 1 atom stereocenters. The Hall–Kier alpha value is -1.18. The molecular formula is C12H16BrN3O3. The van der Waals surface area contributed by atoms with Gasteiger partial charge >= 0.3 is 0 Å². The van der Waals surface area contributed by atoms with Crippen LogP contribution in [0.25, 0.3) is 0 Å². The van der Waals surface area contributed by atoms with Crippen molar-refractivity contribution < 1.29 is 9.53 Å². The molecule has 2 N–H and O–H groups in total. The Morgan fingerprint density at radius 2 is 2.42 bits per heavy atom. The number of aromatic amines is 1. The van der Waals surface area contributed by atoms with Crippen molar-refractivity contribution in [1.29, 1.82) is 0 Å². The molecule has 1 saturated heterocycles. The largest absolute Gasteiger partial charge is 0.366 e. The highest BCUT2D eigenvalue weighted by atomic mass is 79.9. The highest BCUT2D eigenvalue weighted by Crippen LogP contribution is 2.09. The molecule has 1 aliphatic rings. The third-order valence-corrected chi connectivity index (χ3v) is 3.64. The van der Waals surface area contributed by atoms with Crippen molar-refractivity contribution in [2.75, 3.05) is 31.6 Å². The number of pyridine rings is 1. The Morgan fingerprint density at radius 1 is 1.63 bits per heavy atom. The molecule has 0 saturated carbocycles. The Bertz CT molecular complexity index is 517. The van der Waals surface area contributed by atoms with Crippen LogP contribution in [0.4, 0.5) is 5.69 Å². The molecule has 1 aromatic rings. The fraction of sp³-hybridized carbons (Fsp3) is 0.500. The lowest BCUT2D eigenvalue weighted by Gasteiger charge is -2.31. The fourth-order valence-electron chi connectivity index (χ4n) is 1.91. The van der Waals surface area contributed by atoms with E-state index in [0.29, 0.717) is 17.6 Å². The summed E-state index contributed by atoms with van der Waals surface area (Å²) in [5.41, 5.74) is -0.0353. The third kappa shape index (κ3) is 3.43. The number of amides is 1. The summed E-state index contributed by atoms with van der Waals surface area (Å²) >= 11 is 3.12. The number of H-pyrrole nitrogens is 1. The predicted molar refractivity (Wildman–Crippen MR) is 75.2 cm³/mol. The van der Waals surface area contributed by atoms with Crippen LogP contribution in [-0.4, -0.2) is 48.1 Å². The molecule has 1 fully saturated rings. The van der Waals surface area contributed by atoms with Crippen LogP contribution in [0, 0.1) is 0 Å². The van der Waals surface area contributed by atoms with Gasteiger partial charge in [-0.2, -0.15) is 0 Å². The second-order valence-corrected chi connectivity index (χ2v) is 5.14. The molecule has 1 aromatic heterocycles. The summed E-state index contributed by atoms with van der Waals surface area (Å²) in [6, 6.07) is 0. The summed E-state index contributed by atoms with van der Waals surface area (Å²) in [5.74, 6) is -0.290. The highest BCUT2D eigenvalue weighted by Gasteiger charge is 2.26. The van der Waals surface area contributed by atoms with Gasteiger partial charge in [0.1, 0.15) is 11.8 Å². The first-order chi connectivity index (χ1) is 9.11. The summed E-state index contributed by atoms with van der Waals surface area (Å²) in [7, 11) is 0. The number of ether oxygens (including phenoxy) is 1. The number of hydrogen-bond acceptors (Lipinski definition) is 4. The van der Waals surface area contributed by atoms with Crippen LogP contribution in [0.15, 0.2) is 21.7 Å². The zero-order chi connectivity index (χ0) is 13.8. The van der Waals surface area contributed by atoms with Crippen molar-refractivity contribution in [3.8, 4) is 0 Å². The van der Waals surface area contributed by atoms with E-state index in [1.807, 2.05) is 6.92 Å². The molecule has 0 spiro atoms. The Morgan fingerprint density at radius 3 is 3.16 bits per heavy atom. The minimum absolute atomic E-state index is 0.219. The van der Waals surface area contributed by atoms with Crippen LogP contribution >= 0.6 is 15.9 Å². The predicted octanol–water partition coefficient (Wildman–Crippen LogP) is 0.797. The van der Waals surface area contributed by atoms with Crippen molar-refractivity contribution in [2.45, 2.75) is 13.0 Å². The summed E-state index contributed by atoms with van der Waals surface area (Å²) in [6.45, 7) is 4.83. The molecule has 2 heterocycles. The first kappa shape index (κ1) is 14.2. The van der Waals surface area contributed by atoms with Gasteiger partial charge in [-0.05, 0) is 22.5 Å². The van der Waals surface area contributed by atoms with E-state index < -0.39 is 6.10 Å². The van der Waals surface area contributed by atoms with Gasteiger partial charge in [0, 0.05) is 25.5 Å². The van der Waals surface area contributed by atoms with Crippen molar-refractivity contribution in [3.63, 3.8) is 0 Å². The van der Waals surface area contributed by atoms with Crippen molar-refractivity contribution in [2.24, 2.45) is 0 Å². The molecule has 0 aliphatic carbocycles. The molecule has 19 heavy (non-hydrogen) atoms. The number of hydrogen-bond donors (Lipinski definition) is 2. The Labute approximate surface area is 119 Å². The van der Waals surface area contributed by atoms with Crippen LogP contribution in [0.1, 0.15) is 6.92 Å². The molecule has 2 rings (SSSR count).